The number of nitrogens with zero attached hydrogens (tertiary/aromatic N) is 4. The van der Waals surface area contributed by atoms with Crippen LogP contribution >= 0.6 is 0 Å². The minimum atomic E-state index is -0.0554. The molecule has 1 amide bonds. The lowest BCUT2D eigenvalue weighted by atomic mass is 10.0. The summed E-state index contributed by atoms with van der Waals surface area (Å²) in [5, 5.41) is 11.6. The molecule has 5 heterocycles. The predicted molar refractivity (Wildman–Crippen MR) is 135 cm³/mol. The molecule has 0 atom stereocenters. The first kappa shape index (κ1) is 19.6. The number of benzene rings is 2. The zero-order valence-corrected chi connectivity index (χ0v) is 18.5. The zero-order valence-electron chi connectivity index (χ0n) is 18.5. The number of pyridine rings is 2. The van der Waals surface area contributed by atoms with Gasteiger partial charge in [-0.2, -0.15) is 5.10 Å². The number of anilines is 1. The fourth-order valence-electron chi connectivity index (χ4n) is 4.65. The number of rotatable bonds is 0. The molecule has 4 aromatic heterocycles. The first-order chi connectivity index (χ1) is 17.2. The van der Waals surface area contributed by atoms with Crippen LogP contribution in [0.15, 0.2) is 73.2 Å². The Balaban J connectivity index is 1.48. The summed E-state index contributed by atoms with van der Waals surface area (Å²) in [4.78, 5) is 30.0. The summed E-state index contributed by atoms with van der Waals surface area (Å²) in [6, 6.07) is 18.0. The second-order valence-electron chi connectivity index (χ2n) is 8.68. The molecule has 8 nitrogen and oxygen atoms in total. The summed E-state index contributed by atoms with van der Waals surface area (Å²) >= 11 is 0. The van der Waals surface area contributed by atoms with Crippen LogP contribution in [0, 0.1) is 0 Å². The SMILES string of the molecule is O=C1CCc2cccc(c2)-c2nccc3[nH]c(nc23)-c2n[nH]c3ccc(cc23)-c2cncc(c2)N1. The van der Waals surface area contributed by atoms with Crippen LogP contribution in [0.1, 0.15) is 12.0 Å². The van der Waals surface area contributed by atoms with Crippen LogP contribution in [0.2, 0.25) is 0 Å². The van der Waals surface area contributed by atoms with Crippen molar-refractivity contribution in [2.45, 2.75) is 12.8 Å². The molecule has 8 bridgehead atoms. The molecule has 0 radical (unpaired) electrons. The first-order valence-electron chi connectivity index (χ1n) is 11.4. The van der Waals surface area contributed by atoms with E-state index >= 15 is 0 Å². The molecule has 0 unspecified atom stereocenters. The molecule has 0 saturated carbocycles. The maximum absolute atomic E-state index is 12.7. The Morgan fingerprint density at radius 1 is 0.829 bits per heavy atom. The van der Waals surface area contributed by atoms with Crippen molar-refractivity contribution < 1.29 is 4.79 Å². The molecule has 0 spiro atoms. The van der Waals surface area contributed by atoms with Gasteiger partial charge in [-0.15, -0.1) is 0 Å². The van der Waals surface area contributed by atoms with Gasteiger partial charge in [0.05, 0.1) is 28.6 Å². The molecule has 1 aliphatic heterocycles. The number of imidazole rings is 1. The average Bonchev–Trinajstić information content (AvgIpc) is 3.51. The largest absolute Gasteiger partial charge is 0.336 e. The van der Waals surface area contributed by atoms with Crippen molar-refractivity contribution in [1.29, 1.82) is 0 Å². The van der Waals surface area contributed by atoms with Crippen LogP contribution in [0.25, 0.3) is 55.8 Å². The Labute approximate surface area is 199 Å². The number of hydrogen-bond acceptors (Lipinski definition) is 5. The number of nitrogens with one attached hydrogen (secondary N) is 3. The van der Waals surface area contributed by atoms with Crippen molar-refractivity contribution in [1.82, 2.24) is 30.1 Å². The third-order valence-corrected chi connectivity index (χ3v) is 6.38. The topological polar surface area (TPSA) is 112 Å². The van der Waals surface area contributed by atoms with Gasteiger partial charge < -0.3 is 10.3 Å². The average molecular weight is 457 g/mol. The van der Waals surface area contributed by atoms with Crippen LogP contribution in [-0.4, -0.2) is 36.0 Å². The number of carbonyl (C=O) groups excluding carboxylic acids is 1. The molecule has 7 rings (SSSR count). The van der Waals surface area contributed by atoms with Crippen molar-refractivity contribution >= 4 is 33.5 Å². The van der Waals surface area contributed by atoms with E-state index in [2.05, 4.69) is 42.6 Å². The Morgan fingerprint density at radius 2 is 1.80 bits per heavy atom. The van der Waals surface area contributed by atoms with Gasteiger partial charge >= 0.3 is 0 Å². The van der Waals surface area contributed by atoms with Crippen LogP contribution in [0.3, 0.4) is 0 Å². The molecular formula is C27H19N7O. The van der Waals surface area contributed by atoms with E-state index < -0.39 is 0 Å². The number of fused-ring (bicyclic) bond motifs is 9. The number of aryl methyl sites for hydroxylation is 1. The Kier molecular flexibility index (Phi) is 4.25. The second-order valence-corrected chi connectivity index (χ2v) is 8.68. The van der Waals surface area contributed by atoms with Gasteiger partial charge in [0.25, 0.3) is 0 Å². The molecule has 0 saturated heterocycles. The van der Waals surface area contributed by atoms with Gasteiger partial charge in [0.15, 0.2) is 5.82 Å². The van der Waals surface area contributed by atoms with Crippen molar-refractivity contribution in [3.8, 4) is 33.9 Å². The standard InChI is InChI=1S/C27H19N7O/c35-23-7-4-15-2-1-3-17(10-15)24-26-22(8-9-29-24)31-27(32-26)25-20-12-16(5-6-21(20)33-34-25)18-11-19(30-23)14-28-13-18/h1-3,5-6,8-14H,4,7H2,(H,30,35)(H,31,32)(H,33,34). The second kappa shape index (κ2) is 7.59. The van der Waals surface area contributed by atoms with E-state index in [1.54, 1.807) is 18.6 Å². The molecule has 6 aromatic rings. The Hall–Kier alpha value is -4.85. The maximum Gasteiger partial charge on any atom is 0.224 e. The summed E-state index contributed by atoms with van der Waals surface area (Å²) in [7, 11) is 0. The van der Waals surface area contributed by atoms with E-state index in [9.17, 15) is 4.79 Å². The summed E-state index contributed by atoms with van der Waals surface area (Å²) in [6.45, 7) is 0. The van der Waals surface area contributed by atoms with Crippen molar-refractivity contribution in [3.05, 3.63) is 78.8 Å². The first-order valence-corrected chi connectivity index (χ1v) is 11.4. The minimum absolute atomic E-state index is 0.0554. The quantitative estimate of drug-likeness (QED) is 0.293. The molecule has 1 aliphatic rings. The van der Waals surface area contributed by atoms with E-state index in [4.69, 9.17) is 4.98 Å². The van der Waals surface area contributed by atoms with Gasteiger partial charge in [-0.05, 0) is 47.9 Å². The van der Waals surface area contributed by atoms with Crippen LogP contribution in [0.4, 0.5) is 5.69 Å². The number of carbonyl (C=O) groups is 1. The van der Waals surface area contributed by atoms with Crippen molar-refractivity contribution in [2.24, 2.45) is 0 Å². The fourth-order valence-corrected chi connectivity index (χ4v) is 4.65. The van der Waals surface area contributed by atoms with Crippen LogP contribution in [0.5, 0.6) is 0 Å². The van der Waals surface area contributed by atoms with Gasteiger partial charge in [-0.25, -0.2) is 4.98 Å². The zero-order chi connectivity index (χ0) is 23.4. The number of hydrogen-bond donors (Lipinski definition) is 3. The normalized spacial score (nSPS) is 13.2. The van der Waals surface area contributed by atoms with Crippen LogP contribution in [-0.2, 0) is 11.2 Å². The highest BCUT2D eigenvalue weighted by Gasteiger charge is 2.17. The van der Waals surface area contributed by atoms with Gasteiger partial charge in [-0.1, -0.05) is 24.3 Å². The lowest BCUT2D eigenvalue weighted by Gasteiger charge is -2.09. The van der Waals surface area contributed by atoms with E-state index in [-0.39, 0.29) is 5.91 Å². The van der Waals surface area contributed by atoms with E-state index in [0.29, 0.717) is 24.4 Å². The lowest BCUT2D eigenvalue weighted by molar-refractivity contribution is -0.116. The predicted octanol–water partition coefficient (Wildman–Crippen LogP) is 5.11. The van der Waals surface area contributed by atoms with E-state index in [0.717, 1.165) is 55.6 Å². The van der Waals surface area contributed by atoms with Crippen molar-refractivity contribution in [3.63, 3.8) is 0 Å². The van der Waals surface area contributed by atoms with Gasteiger partial charge in [0, 0.05) is 35.3 Å². The summed E-state index contributed by atoms with van der Waals surface area (Å²) in [5.41, 5.74) is 8.65. The van der Waals surface area contributed by atoms with Gasteiger partial charge in [0.2, 0.25) is 5.91 Å². The third-order valence-electron chi connectivity index (χ3n) is 6.38. The lowest BCUT2D eigenvalue weighted by Crippen LogP contribution is -2.12. The molecule has 0 aliphatic carbocycles. The monoisotopic (exact) mass is 457 g/mol. The number of H-pyrrole nitrogens is 2. The minimum Gasteiger partial charge on any atom is -0.336 e. The molecule has 35 heavy (non-hydrogen) atoms. The highest BCUT2D eigenvalue weighted by Crippen LogP contribution is 2.33. The molecule has 2 aromatic carbocycles. The molecule has 3 N–H and O–H groups in total. The Morgan fingerprint density at radius 3 is 2.77 bits per heavy atom. The maximum atomic E-state index is 12.7. The molecular weight excluding hydrogens is 438 g/mol. The smallest absolute Gasteiger partial charge is 0.224 e. The molecule has 168 valence electrons. The highest BCUT2D eigenvalue weighted by molar-refractivity contribution is 5.98. The number of aromatic amines is 2. The highest BCUT2D eigenvalue weighted by atomic mass is 16.1. The van der Waals surface area contributed by atoms with E-state index in [1.165, 1.54) is 0 Å². The van der Waals surface area contributed by atoms with Gasteiger partial charge in [0.1, 0.15) is 11.2 Å². The number of amides is 1. The molecule has 8 heteroatoms. The third kappa shape index (κ3) is 3.34. The summed E-state index contributed by atoms with van der Waals surface area (Å²) in [6.07, 6.45) is 6.21. The molecule has 0 fully saturated rings. The van der Waals surface area contributed by atoms with Crippen molar-refractivity contribution in [2.75, 3.05) is 5.32 Å². The van der Waals surface area contributed by atoms with Crippen LogP contribution < -0.4 is 5.32 Å². The van der Waals surface area contributed by atoms with E-state index in [1.807, 2.05) is 42.5 Å². The number of aromatic nitrogens is 6. The summed E-state index contributed by atoms with van der Waals surface area (Å²) in [5.74, 6) is 0.620. The fraction of sp³-hybridized carbons (Fsp3) is 0.0741. The van der Waals surface area contributed by atoms with Gasteiger partial charge in [-0.3, -0.25) is 19.9 Å². The summed E-state index contributed by atoms with van der Waals surface area (Å²) < 4.78 is 0. The Bertz CT molecular complexity index is 1760.